The number of aromatic amines is 1. The molecule has 0 atom stereocenters. The smallest absolute Gasteiger partial charge is 0.178 e. The Hall–Kier alpha value is -1.40. The predicted octanol–water partition coefficient (Wildman–Crippen LogP) is 3.36. The van der Waals surface area contributed by atoms with Crippen molar-refractivity contribution in [2.45, 2.75) is 13.1 Å². The van der Waals surface area contributed by atoms with Crippen molar-refractivity contribution in [3.8, 4) is 0 Å². The van der Waals surface area contributed by atoms with Gasteiger partial charge in [-0.15, -0.1) is 0 Å². The van der Waals surface area contributed by atoms with Crippen LogP contribution in [0.4, 0.5) is 0 Å². The lowest BCUT2D eigenvalue weighted by Gasteiger charge is -2.05. The Morgan fingerprint density at radius 2 is 2.22 bits per heavy atom. The maximum absolute atomic E-state index is 5.36. The Kier molecular flexibility index (Phi) is 3.05. The van der Waals surface area contributed by atoms with Gasteiger partial charge in [0.05, 0.1) is 17.4 Å². The van der Waals surface area contributed by atoms with Gasteiger partial charge < -0.3 is 14.1 Å². The third kappa shape index (κ3) is 2.13. The van der Waals surface area contributed by atoms with E-state index in [-0.39, 0.29) is 0 Å². The summed E-state index contributed by atoms with van der Waals surface area (Å²) in [5.74, 6) is 0. The molecule has 1 N–H and O–H groups in total. The average molecular weight is 323 g/mol. The number of rotatable bonds is 3. The van der Waals surface area contributed by atoms with Gasteiger partial charge in [-0.1, -0.05) is 15.9 Å². The minimum Gasteiger partial charge on any atom is -0.336 e. The van der Waals surface area contributed by atoms with Gasteiger partial charge in [0.2, 0.25) is 0 Å². The molecule has 0 fully saturated rings. The quantitative estimate of drug-likeness (QED) is 0.751. The van der Waals surface area contributed by atoms with Gasteiger partial charge in [-0.2, -0.15) is 0 Å². The maximum Gasteiger partial charge on any atom is 0.178 e. The summed E-state index contributed by atoms with van der Waals surface area (Å²) in [6.07, 6.45) is 5.55. The molecule has 0 saturated carbocycles. The molecule has 0 unspecified atom stereocenters. The molecule has 92 valence electrons. The second-order valence-electron chi connectivity index (χ2n) is 4.04. The van der Waals surface area contributed by atoms with Crippen LogP contribution in [0.3, 0.4) is 0 Å². The molecule has 0 aliphatic rings. The van der Waals surface area contributed by atoms with E-state index in [2.05, 4.69) is 36.5 Å². The molecule has 6 heteroatoms. The van der Waals surface area contributed by atoms with Crippen molar-refractivity contribution in [3.63, 3.8) is 0 Å². The van der Waals surface area contributed by atoms with Crippen LogP contribution in [0.25, 0.3) is 11.0 Å². The van der Waals surface area contributed by atoms with Crippen LogP contribution in [0.1, 0.15) is 0 Å². The molecule has 2 aromatic heterocycles. The number of aryl methyl sites for hydroxylation is 2. The van der Waals surface area contributed by atoms with Crippen molar-refractivity contribution < 1.29 is 0 Å². The lowest BCUT2D eigenvalue weighted by Crippen LogP contribution is -2.05. The highest BCUT2D eigenvalue weighted by Crippen LogP contribution is 2.19. The first kappa shape index (κ1) is 11.7. The molecule has 2 heterocycles. The number of hydrogen-bond donors (Lipinski definition) is 1. The van der Waals surface area contributed by atoms with Gasteiger partial charge in [0.15, 0.2) is 4.77 Å². The van der Waals surface area contributed by atoms with E-state index >= 15 is 0 Å². The summed E-state index contributed by atoms with van der Waals surface area (Å²) in [6.45, 7) is 1.68. The van der Waals surface area contributed by atoms with Crippen molar-refractivity contribution in [3.05, 3.63) is 46.2 Å². The summed E-state index contributed by atoms with van der Waals surface area (Å²) in [5, 5.41) is 0. The SMILES string of the molecule is S=c1[nH]c2ccc(Br)cc2n1CCn1ccnc1. The van der Waals surface area contributed by atoms with E-state index in [0.29, 0.717) is 0 Å². The second-order valence-corrected chi connectivity index (χ2v) is 5.35. The van der Waals surface area contributed by atoms with Crippen LogP contribution in [-0.4, -0.2) is 19.1 Å². The van der Waals surface area contributed by atoms with Crippen LogP contribution >= 0.6 is 28.1 Å². The largest absolute Gasteiger partial charge is 0.336 e. The zero-order valence-electron chi connectivity index (χ0n) is 9.51. The standard InChI is InChI=1S/C12H11BrN4S/c13-9-1-2-10-11(7-9)17(12(18)15-10)6-5-16-4-3-14-8-16/h1-4,7-8H,5-6H2,(H,15,18). The van der Waals surface area contributed by atoms with Crippen LogP contribution in [0.15, 0.2) is 41.4 Å². The van der Waals surface area contributed by atoms with E-state index in [1.807, 2.05) is 29.2 Å². The summed E-state index contributed by atoms with van der Waals surface area (Å²) in [7, 11) is 0. The Bertz CT molecular complexity index is 726. The van der Waals surface area contributed by atoms with E-state index in [1.54, 1.807) is 6.20 Å². The molecule has 1 aromatic carbocycles. The highest BCUT2D eigenvalue weighted by Gasteiger charge is 2.04. The minimum absolute atomic E-state index is 0.753. The fourth-order valence-electron chi connectivity index (χ4n) is 1.98. The summed E-state index contributed by atoms with van der Waals surface area (Å²) < 4.78 is 5.96. The number of nitrogens with zero attached hydrogens (tertiary/aromatic N) is 3. The zero-order chi connectivity index (χ0) is 12.5. The first-order valence-corrected chi connectivity index (χ1v) is 6.78. The molecular weight excluding hydrogens is 312 g/mol. The molecule has 3 rings (SSSR count). The van der Waals surface area contributed by atoms with Crippen LogP contribution in [0.5, 0.6) is 0 Å². The minimum atomic E-state index is 0.753. The number of hydrogen-bond acceptors (Lipinski definition) is 2. The van der Waals surface area contributed by atoms with E-state index in [4.69, 9.17) is 12.2 Å². The summed E-state index contributed by atoms with van der Waals surface area (Å²) >= 11 is 8.85. The van der Waals surface area contributed by atoms with Gasteiger partial charge in [-0.25, -0.2) is 4.98 Å². The van der Waals surface area contributed by atoms with Crippen molar-refractivity contribution in [1.29, 1.82) is 0 Å². The monoisotopic (exact) mass is 322 g/mol. The van der Waals surface area contributed by atoms with Gasteiger partial charge in [-0.05, 0) is 30.4 Å². The lowest BCUT2D eigenvalue weighted by atomic mass is 10.3. The molecule has 0 aliphatic heterocycles. The molecular formula is C12H11BrN4S. The van der Waals surface area contributed by atoms with E-state index in [9.17, 15) is 0 Å². The molecule has 0 bridgehead atoms. The summed E-state index contributed by atoms with van der Waals surface area (Å²) in [5.41, 5.74) is 2.18. The van der Waals surface area contributed by atoms with Crippen LogP contribution < -0.4 is 0 Å². The molecule has 0 saturated heterocycles. The molecule has 18 heavy (non-hydrogen) atoms. The number of nitrogens with one attached hydrogen (secondary N) is 1. The number of benzene rings is 1. The third-order valence-corrected chi connectivity index (χ3v) is 3.69. The molecule has 0 radical (unpaired) electrons. The number of aromatic nitrogens is 4. The molecule has 3 aromatic rings. The number of fused-ring (bicyclic) bond motifs is 1. The number of halogens is 1. The highest BCUT2D eigenvalue weighted by atomic mass is 79.9. The van der Waals surface area contributed by atoms with Gasteiger partial charge >= 0.3 is 0 Å². The van der Waals surface area contributed by atoms with Crippen molar-refractivity contribution >= 4 is 39.2 Å². The first-order chi connectivity index (χ1) is 8.74. The second kappa shape index (κ2) is 4.70. The maximum atomic E-state index is 5.36. The van der Waals surface area contributed by atoms with Crippen molar-refractivity contribution in [2.75, 3.05) is 0 Å². The number of H-pyrrole nitrogens is 1. The van der Waals surface area contributed by atoms with Crippen LogP contribution in [-0.2, 0) is 13.1 Å². The number of imidazole rings is 2. The zero-order valence-corrected chi connectivity index (χ0v) is 11.9. The summed E-state index contributed by atoms with van der Waals surface area (Å²) in [6, 6.07) is 6.12. The summed E-state index contributed by atoms with van der Waals surface area (Å²) in [4.78, 5) is 7.25. The Morgan fingerprint density at radius 1 is 1.33 bits per heavy atom. The molecule has 0 aliphatic carbocycles. The lowest BCUT2D eigenvalue weighted by molar-refractivity contribution is 0.584. The third-order valence-electron chi connectivity index (χ3n) is 2.88. The Labute approximate surface area is 117 Å². The van der Waals surface area contributed by atoms with Gasteiger partial charge in [0, 0.05) is 30.0 Å². The molecule has 0 spiro atoms. The van der Waals surface area contributed by atoms with E-state index < -0.39 is 0 Å². The highest BCUT2D eigenvalue weighted by molar-refractivity contribution is 9.10. The average Bonchev–Trinajstić information content (AvgIpc) is 2.94. The fraction of sp³-hybridized carbons (Fsp3) is 0.167. The topological polar surface area (TPSA) is 38.5 Å². The predicted molar refractivity (Wildman–Crippen MR) is 77.0 cm³/mol. The van der Waals surface area contributed by atoms with Crippen molar-refractivity contribution in [2.24, 2.45) is 0 Å². The van der Waals surface area contributed by atoms with Gasteiger partial charge in [0.25, 0.3) is 0 Å². The van der Waals surface area contributed by atoms with Crippen molar-refractivity contribution in [1.82, 2.24) is 19.1 Å². The van der Waals surface area contributed by atoms with Gasteiger partial charge in [0.1, 0.15) is 0 Å². The molecule has 0 amide bonds. The first-order valence-electron chi connectivity index (χ1n) is 5.58. The van der Waals surface area contributed by atoms with Crippen LogP contribution in [0.2, 0.25) is 0 Å². The van der Waals surface area contributed by atoms with E-state index in [1.165, 1.54) is 0 Å². The van der Waals surface area contributed by atoms with Crippen LogP contribution in [0, 0.1) is 4.77 Å². The normalized spacial score (nSPS) is 11.2. The Morgan fingerprint density at radius 3 is 3.00 bits per heavy atom. The van der Waals surface area contributed by atoms with Gasteiger partial charge in [-0.3, -0.25) is 0 Å². The fourth-order valence-corrected chi connectivity index (χ4v) is 2.63. The molecule has 4 nitrogen and oxygen atoms in total. The van der Waals surface area contributed by atoms with E-state index in [0.717, 1.165) is 33.4 Å². The Balaban J connectivity index is 1.98.